The standard InChI is InChI=1S/C5H7NO/c7-5-2-1-4-3-6(4)5/h4H,1-3H2/t4-,6?/m0/s1. The molecule has 2 rings (SSSR count). The smallest absolute Gasteiger partial charge is 0.223 e. The van der Waals surface area contributed by atoms with Crippen LogP contribution in [0.2, 0.25) is 0 Å². The van der Waals surface area contributed by atoms with Crippen molar-refractivity contribution in [1.82, 2.24) is 4.90 Å². The average molecular weight is 97.1 g/mol. The zero-order valence-corrected chi connectivity index (χ0v) is 4.05. The number of fused-ring (bicyclic) bond motifs is 1. The quantitative estimate of drug-likeness (QED) is 0.389. The predicted octanol–water partition coefficient (Wildman–Crippen LogP) is -0.00900. The molecule has 2 heteroatoms. The Morgan fingerprint density at radius 1 is 1.71 bits per heavy atom. The van der Waals surface area contributed by atoms with Gasteiger partial charge in [-0.3, -0.25) is 4.79 Å². The Bertz CT molecular complexity index is 121. The van der Waals surface area contributed by atoms with Crippen LogP contribution in [0.25, 0.3) is 0 Å². The van der Waals surface area contributed by atoms with E-state index >= 15 is 0 Å². The minimum Gasteiger partial charge on any atom is -0.336 e. The molecule has 2 heterocycles. The number of hydrogen-bond donors (Lipinski definition) is 0. The van der Waals surface area contributed by atoms with Gasteiger partial charge >= 0.3 is 0 Å². The van der Waals surface area contributed by atoms with Crippen LogP contribution in [-0.2, 0) is 4.79 Å². The molecule has 0 aromatic heterocycles. The Morgan fingerprint density at radius 2 is 2.57 bits per heavy atom. The van der Waals surface area contributed by atoms with Crippen LogP contribution < -0.4 is 0 Å². The number of carbonyl (C=O) groups excluding carboxylic acids is 1. The van der Waals surface area contributed by atoms with Crippen LogP contribution in [0.3, 0.4) is 0 Å². The van der Waals surface area contributed by atoms with Gasteiger partial charge in [0.25, 0.3) is 0 Å². The summed E-state index contributed by atoms with van der Waals surface area (Å²) in [5.41, 5.74) is 0. The van der Waals surface area contributed by atoms with Gasteiger partial charge < -0.3 is 4.90 Å². The van der Waals surface area contributed by atoms with Gasteiger partial charge in [0.15, 0.2) is 0 Å². The Balaban J connectivity index is 2.21. The normalized spacial score (nSPS) is 36.3. The average Bonchev–Trinajstić information content (AvgIpc) is 2.33. The highest BCUT2D eigenvalue weighted by atomic mass is 16.2. The van der Waals surface area contributed by atoms with Crippen molar-refractivity contribution in [3.05, 3.63) is 0 Å². The second kappa shape index (κ2) is 0.831. The highest BCUT2D eigenvalue weighted by Crippen LogP contribution is 2.30. The van der Waals surface area contributed by atoms with Crippen molar-refractivity contribution in [2.24, 2.45) is 0 Å². The SMILES string of the molecule is O=C1CC[C@H]2CN12. The monoisotopic (exact) mass is 97.1 g/mol. The third-order valence-corrected chi connectivity index (χ3v) is 1.73. The van der Waals surface area contributed by atoms with Gasteiger partial charge in [-0.2, -0.15) is 0 Å². The van der Waals surface area contributed by atoms with Crippen molar-refractivity contribution in [1.29, 1.82) is 0 Å². The maximum atomic E-state index is 10.5. The maximum Gasteiger partial charge on any atom is 0.223 e. The second-order valence-corrected chi connectivity index (χ2v) is 2.24. The molecule has 0 aromatic rings. The molecule has 0 unspecified atom stereocenters. The number of rotatable bonds is 0. The lowest BCUT2D eigenvalue weighted by Crippen LogP contribution is -2.02. The minimum absolute atomic E-state index is 0.366. The first-order chi connectivity index (χ1) is 3.38. The third-order valence-electron chi connectivity index (χ3n) is 1.73. The third kappa shape index (κ3) is 0.315. The summed E-state index contributed by atoms with van der Waals surface area (Å²) in [5, 5.41) is 0. The van der Waals surface area contributed by atoms with Gasteiger partial charge in [-0.15, -0.1) is 0 Å². The highest BCUT2D eigenvalue weighted by molar-refractivity contribution is 5.81. The van der Waals surface area contributed by atoms with Crippen molar-refractivity contribution in [3.63, 3.8) is 0 Å². The number of carbonyl (C=O) groups is 1. The second-order valence-electron chi connectivity index (χ2n) is 2.24. The molecule has 0 saturated carbocycles. The molecule has 7 heavy (non-hydrogen) atoms. The Morgan fingerprint density at radius 3 is 2.71 bits per heavy atom. The first kappa shape index (κ1) is 3.47. The predicted molar refractivity (Wildman–Crippen MR) is 24.7 cm³/mol. The van der Waals surface area contributed by atoms with E-state index in [4.69, 9.17) is 0 Å². The van der Waals surface area contributed by atoms with E-state index in [0.717, 1.165) is 19.4 Å². The van der Waals surface area contributed by atoms with E-state index in [1.54, 1.807) is 0 Å². The number of nitrogens with zero attached hydrogens (tertiary/aromatic N) is 1. The van der Waals surface area contributed by atoms with Crippen LogP contribution in [0.1, 0.15) is 12.8 Å². The molecular weight excluding hydrogens is 90.1 g/mol. The lowest BCUT2D eigenvalue weighted by Gasteiger charge is -1.86. The molecule has 0 spiro atoms. The minimum atomic E-state index is 0.366. The van der Waals surface area contributed by atoms with E-state index in [2.05, 4.69) is 0 Å². The first-order valence-electron chi connectivity index (χ1n) is 2.67. The fourth-order valence-corrected chi connectivity index (χ4v) is 1.17. The molecule has 2 aliphatic rings. The fraction of sp³-hybridized carbons (Fsp3) is 0.800. The van der Waals surface area contributed by atoms with Crippen molar-refractivity contribution in [2.45, 2.75) is 18.9 Å². The van der Waals surface area contributed by atoms with Crippen molar-refractivity contribution in [2.75, 3.05) is 6.54 Å². The lowest BCUT2D eigenvalue weighted by molar-refractivity contribution is -0.124. The van der Waals surface area contributed by atoms with E-state index in [0.29, 0.717) is 11.9 Å². The van der Waals surface area contributed by atoms with Gasteiger partial charge in [0.1, 0.15) is 0 Å². The summed E-state index contributed by atoms with van der Waals surface area (Å²) in [6, 6.07) is 0.674. The zero-order chi connectivity index (χ0) is 4.85. The van der Waals surface area contributed by atoms with Crippen LogP contribution in [0.15, 0.2) is 0 Å². The van der Waals surface area contributed by atoms with E-state index < -0.39 is 0 Å². The summed E-state index contributed by atoms with van der Waals surface area (Å²) in [4.78, 5) is 12.5. The maximum absolute atomic E-state index is 10.5. The van der Waals surface area contributed by atoms with E-state index in [1.165, 1.54) is 0 Å². The number of amides is 1. The Hall–Kier alpha value is -0.530. The van der Waals surface area contributed by atoms with Gasteiger partial charge in [-0.1, -0.05) is 0 Å². The molecule has 2 saturated heterocycles. The van der Waals surface area contributed by atoms with Gasteiger partial charge in [-0.25, -0.2) is 0 Å². The van der Waals surface area contributed by atoms with Crippen LogP contribution in [-0.4, -0.2) is 23.4 Å². The van der Waals surface area contributed by atoms with E-state index in [9.17, 15) is 4.79 Å². The zero-order valence-electron chi connectivity index (χ0n) is 4.05. The van der Waals surface area contributed by atoms with Crippen LogP contribution in [0.5, 0.6) is 0 Å². The largest absolute Gasteiger partial charge is 0.336 e. The molecule has 0 radical (unpaired) electrons. The van der Waals surface area contributed by atoms with Crippen molar-refractivity contribution < 1.29 is 4.79 Å². The molecule has 0 aliphatic carbocycles. The first-order valence-corrected chi connectivity index (χ1v) is 2.67. The Kier molecular flexibility index (Phi) is 0.412. The molecule has 0 bridgehead atoms. The number of piperidine rings is 1. The van der Waals surface area contributed by atoms with Crippen LogP contribution in [0, 0.1) is 0 Å². The molecule has 1 atom stereocenters. The summed E-state index contributed by atoms with van der Waals surface area (Å²) >= 11 is 0. The summed E-state index contributed by atoms with van der Waals surface area (Å²) in [7, 11) is 0. The molecule has 38 valence electrons. The summed E-state index contributed by atoms with van der Waals surface area (Å²) in [6.07, 6.45) is 1.93. The lowest BCUT2D eigenvalue weighted by atomic mass is 10.3. The summed E-state index contributed by atoms with van der Waals surface area (Å²) in [6.45, 7) is 1.05. The highest BCUT2D eigenvalue weighted by Gasteiger charge is 2.43. The van der Waals surface area contributed by atoms with Gasteiger partial charge in [-0.05, 0) is 6.42 Å². The van der Waals surface area contributed by atoms with Crippen molar-refractivity contribution in [3.8, 4) is 0 Å². The molecule has 2 aliphatic heterocycles. The molecule has 1 amide bonds. The van der Waals surface area contributed by atoms with Crippen molar-refractivity contribution >= 4 is 5.91 Å². The number of hydrogen-bond acceptors (Lipinski definition) is 1. The molecule has 2 nitrogen and oxygen atoms in total. The van der Waals surface area contributed by atoms with Gasteiger partial charge in [0.2, 0.25) is 5.91 Å². The fourth-order valence-electron chi connectivity index (χ4n) is 1.17. The van der Waals surface area contributed by atoms with E-state index in [-0.39, 0.29) is 0 Å². The molecule has 0 aromatic carbocycles. The van der Waals surface area contributed by atoms with E-state index in [1.807, 2.05) is 4.90 Å². The summed E-state index contributed by atoms with van der Waals surface area (Å²) in [5.74, 6) is 0.366. The topological polar surface area (TPSA) is 20.1 Å². The van der Waals surface area contributed by atoms with Crippen LogP contribution >= 0.6 is 0 Å². The summed E-state index contributed by atoms with van der Waals surface area (Å²) < 4.78 is 0. The molecular formula is C5H7NO. The van der Waals surface area contributed by atoms with Gasteiger partial charge in [0, 0.05) is 19.0 Å². The molecule has 2 fully saturated rings. The Labute approximate surface area is 42.1 Å². The van der Waals surface area contributed by atoms with Crippen LogP contribution in [0.4, 0.5) is 0 Å². The molecule has 0 N–H and O–H groups in total. The van der Waals surface area contributed by atoms with Gasteiger partial charge in [0.05, 0.1) is 0 Å².